The SMILES string of the molecule is CC(C)(C)[C@@H](N)c1cc(F)ccc1Cl. The van der Waals surface area contributed by atoms with Crippen LogP contribution in [0, 0.1) is 11.2 Å². The van der Waals surface area contributed by atoms with Crippen molar-refractivity contribution in [3.63, 3.8) is 0 Å². The number of hydrogen-bond donors (Lipinski definition) is 1. The first kappa shape index (κ1) is 11.5. The summed E-state index contributed by atoms with van der Waals surface area (Å²) in [4.78, 5) is 0. The Bertz CT molecular complexity index is 331. The third-order valence-electron chi connectivity index (χ3n) is 2.23. The minimum atomic E-state index is -0.302. The van der Waals surface area contributed by atoms with Gasteiger partial charge in [-0.2, -0.15) is 0 Å². The van der Waals surface area contributed by atoms with Crippen molar-refractivity contribution in [3.05, 3.63) is 34.6 Å². The normalized spacial score (nSPS) is 14.1. The molecule has 0 aliphatic heterocycles. The highest BCUT2D eigenvalue weighted by atomic mass is 35.5. The Hall–Kier alpha value is -0.600. The summed E-state index contributed by atoms with van der Waals surface area (Å²) in [7, 11) is 0. The quantitative estimate of drug-likeness (QED) is 0.762. The monoisotopic (exact) mass is 215 g/mol. The van der Waals surface area contributed by atoms with Crippen molar-refractivity contribution >= 4 is 11.6 Å². The topological polar surface area (TPSA) is 26.0 Å². The summed E-state index contributed by atoms with van der Waals surface area (Å²) in [5.74, 6) is -0.302. The molecule has 0 amide bonds. The number of hydrogen-bond acceptors (Lipinski definition) is 1. The van der Waals surface area contributed by atoms with E-state index in [2.05, 4.69) is 0 Å². The molecule has 78 valence electrons. The maximum absolute atomic E-state index is 13.0. The van der Waals surface area contributed by atoms with Crippen LogP contribution in [0.3, 0.4) is 0 Å². The number of nitrogens with two attached hydrogens (primary N) is 1. The van der Waals surface area contributed by atoms with Crippen LogP contribution in [0.1, 0.15) is 32.4 Å². The fourth-order valence-electron chi connectivity index (χ4n) is 1.22. The van der Waals surface area contributed by atoms with Gasteiger partial charge in [-0.1, -0.05) is 32.4 Å². The highest BCUT2D eigenvalue weighted by Gasteiger charge is 2.24. The molecule has 0 fully saturated rings. The standard InChI is InChI=1S/C11H15ClFN/c1-11(2,3)10(14)8-6-7(13)4-5-9(8)12/h4-6,10H,14H2,1-3H3/t10-/m0/s1. The molecule has 2 N–H and O–H groups in total. The van der Waals surface area contributed by atoms with Crippen LogP contribution in [0.25, 0.3) is 0 Å². The Morgan fingerprint density at radius 2 is 1.93 bits per heavy atom. The van der Waals surface area contributed by atoms with E-state index in [0.717, 1.165) is 0 Å². The molecule has 0 saturated heterocycles. The van der Waals surface area contributed by atoms with E-state index < -0.39 is 0 Å². The molecule has 1 atom stereocenters. The maximum atomic E-state index is 13.0. The van der Waals surface area contributed by atoms with Gasteiger partial charge in [-0.3, -0.25) is 0 Å². The average Bonchev–Trinajstić information content (AvgIpc) is 2.06. The molecule has 1 rings (SSSR count). The van der Waals surface area contributed by atoms with Crippen molar-refractivity contribution in [2.75, 3.05) is 0 Å². The fourth-order valence-corrected chi connectivity index (χ4v) is 1.45. The van der Waals surface area contributed by atoms with Crippen LogP contribution in [0.15, 0.2) is 18.2 Å². The van der Waals surface area contributed by atoms with Gasteiger partial charge in [-0.15, -0.1) is 0 Å². The third kappa shape index (κ3) is 2.46. The van der Waals surface area contributed by atoms with E-state index in [1.807, 2.05) is 20.8 Å². The molecule has 1 nitrogen and oxygen atoms in total. The molecule has 0 saturated carbocycles. The van der Waals surface area contributed by atoms with Gasteiger partial charge >= 0.3 is 0 Å². The van der Waals surface area contributed by atoms with Crippen LogP contribution in [0.4, 0.5) is 4.39 Å². The van der Waals surface area contributed by atoms with Crippen LogP contribution in [-0.2, 0) is 0 Å². The van der Waals surface area contributed by atoms with E-state index in [4.69, 9.17) is 17.3 Å². The molecule has 0 aromatic heterocycles. The summed E-state index contributed by atoms with van der Waals surface area (Å²) in [5, 5.41) is 0.522. The molecule has 0 spiro atoms. The molecule has 0 radical (unpaired) electrons. The van der Waals surface area contributed by atoms with Crippen LogP contribution in [-0.4, -0.2) is 0 Å². The van der Waals surface area contributed by atoms with Crippen LogP contribution in [0.5, 0.6) is 0 Å². The minimum absolute atomic E-state index is 0.128. The second kappa shape index (κ2) is 3.87. The largest absolute Gasteiger partial charge is 0.323 e. The lowest BCUT2D eigenvalue weighted by Crippen LogP contribution is -2.26. The van der Waals surface area contributed by atoms with Crippen molar-refractivity contribution in [1.82, 2.24) is 0 Å². The lowest BCUT2D eigenvalue weighted by atomic mass is 9.83. The zero-order chi connectivity index (χ0) is 10.9. The Morgan fingerprint density at radius 1 is 1.36 bits per heavy atom. The lowest BCUT2D eigenvalue weighted by Gasteiger charge is -2.28. The number of halogens is 2. The summed E-state index contributed by atoms with van der Waals surface area (Å²) in [6, 6.07) is 4.02. The van der Waals surface area contributed by atoms with E-state index in [1.165, 1.54) is 18.2 Å². The van der Waals surface area contributed by atoms with Crippen molar-refractivity contribution in [1.29, 1.82) is 0 Å². The molecular weight excluding hydrogens is 201 g/mol. The zero-order valence-corrected chi connectivity index (χ0v) is 9.40. The van der Waals surface area contributed by atoms with Gasteiger partial charge in [0.1, 0.15) is 5.82 Å². The van der Waals surface area contributed by atoms with Gasteiger partial charge in [0.15, 0.2) is 0 Å². The van der Waals surface area contributed by atoms with Gasteiger partial charge in [-0.25, -0.2) is 4.39 Å². The highest BCUT2D eigenvalue weighted by molar-refractivity contribution is 6.31. The molecule has 0 heterocycles. The molecule has 1 aromatic rings. The predicted octanol–water partition coefficient (Wildman–Crippen LogP) is 3.53. The Kier molecular flexibility index (Phi) is 3.17. The van der Waals surface area contributed by atoms with E-state index in [-0.39, 0.29) is 17.3 Å². The second-order valence-electron chi connectivity index (χ2n) is 4.51. The van der Waals surface area contributed by atoms with E-state index in [9.17, 15) is 4.39 Å². The summed E-state index contributed by atoms with van der Waals surface area (Å²) < 4.78 is 13.0. The number of benzene rings is 1. The third-order valence-corrected chi connectivity index (χ3v) is 2.57. The van der Waals surface area contributed by atoms with E-state index >= 15 is 0 Å². The second-order valence-corrected chi connectivity index (χ2v) is 4.92. The fraction of sp³-hybridized carbons (Fsp3) is 0.455. The van der Waals surface area contributed by atoms with Crippen molar-refractivity contribution in [2.24, 2.45) is 11.1 Å². The van der Waals surface area contributed by atoms with Crippen molar-refractivity contribution in [2.45, 2.75) is 26.8 Å². The van der Waals surface area contributed by atoms with Crippen molar-refractivity contribution in [3.8, 4) is 0 Å². The smallest absolute Gasteiger partial charge is 0.123 e. The van der Waals surface area contributed by atoms with E-state index in [1.54, 1.807) is 0 Å². The first-order chi connectivity index (χ1) is 6.32. The van der Waals surface area contributed by atoms with Gasteiger partial charge in [-0.05, 0) is 29.2 Å². The Balaban J connectivity index is 3.12. The van der Waals surface area contributed by atoms with Gasteiger partial charge in [0.25, 0.3) is 0 Å². The highest BCUT2D eigenvalue weighted by Crippen LogP contribution is 2.34. The molecule has 0 aliphatic carbocycles. The molecule has 3 heteroatoms. The van der Waals surface area contributed by atoms with Crippen LogP contribution >= 0.6 is 11.6 Å². The van der Waals surface area contributed by atoms with Gasteiger partial charge < -0.3 is 5.73 Å². The summed E-state index contributed by atoms with van der Waals surface area (Å²) in [6.07, 6.45) is 0. The summed E-state index contributed by atoms with van der Waals surface area (Å²) >= 11 is 5.95. The van der Waals surface area contributed by atoms with Crippen LogP contribution < -0.4 is 5.73 Å². The first-order valence-corrected chi connectivity index (χ1v) is 4.90. The van der Waals surface area contributed by atoms with Gasteiger partial charge in [0.2, 0.25) is 0 Å². The molecule has 0 unspecified atom stereocenters. The van der Waals surface area contributed by atoms with Crippen LogP contribution in [0.2, 0.25) is 5.02 Å². The Morgan fingerprint density at radius 3 is 2.43 bits per heavy atom. The molecule has 0 bridgehead atoms. The van der Waals surface area contributed by atoms with E-state index in [0.29, 0.717) is 10.6 Å². The molecule has 1 aromatic carbocycles. The molecular formula is C11H15ClFN. The molecule has 0 aliphatic rings. The zero-order valence-electron chi connectivity index (χ0n) is 8.64. The first-order valence-electron chi connectivity index (χ1n) is 4.53. The maximum Gasteiger partial charge on any atom is 0.123 e. The van der Waals surface area contributed by atoms with Gasteiger partial charge in [0, 0.05) is 11.1 Å². The van der Waals surface area contributed by atoms with Crippen molar-refractivity contribution < 1.29 is 4.39 Å². The average molecular weight is 216 g/mol. The molecule has 14 heavy (non-hydrogen) atoms. The van der Waals surface area contributed by atoms with Gasteiger partial charge in [0.05, 0.1) is 0 Å². The summed E-state index contributed by atoms with van der Waals surface area (Å²) in [5.41, 5.74) is 6.53. The Labute approximate surface area is 89.1 Å². The number of rotatable bonds is 1. The minimum Gasteiger partial charge on any atom is -0.323 e. The lowest BCUT2D eigenvalue weighted by molar-refractivity contribution is 0.326. The summed E-state index contributed by atoms with van der Waals surface area (Å²) in [6.45, 7) is 6.00. The predicted molar refractivity (Wildman–Crippen MR) is 57.8 cm³/mol.